The quantitative estimate of drug-likeness (QED) is 0.765. The Labute approximate surface area is 100 Å². The number of nitrogens with zero attached hydrogens (tertiary/aromatic N) is 3. The topological polar surface area (TPSA) is 30.7 Å². The molecule has 16 heavy (non-hydrogen) atoms. The third-order valence-electron chi connectivity index (χ3n) is 2.49. The van der Waals surface area contributed by atoms with Gasteiger partial charge in [-0.3, -0.25) is 0 Å². The zero-order valence-electron chi connectivity index (χ0n) is 9.44. The second-order valence-electron chi connectivity index (χ2n) is 3.76. The number of rotatable bonds is 3. The van der Waals surface area contributed by atoms with E-state index in [-0.39, 0.29) is 0 Å². The molecular formula is C12H14ClN3. The van der Waals surface area contributed by atoms with Crippen LogP contribution in [0.1, 0.15) is 24.7 Å². The maximum Gasteiger partial charge on any atom is 0.131 e. The molecule has 0 amide bonds. The van der Waals surface area contributed by atoms with Crippen molar-refractivity contribution in [2.24, 2.45) is 0 Å². The van der Waals surface area contributed by atoms with E-state index < -0.39 is 0 Å². The van der Waals surface area contributed by atoms with Crippen LogP contribution in [0.5, 0.6) is 0 Å². The molecule has 0 saturated carbocycles. The van der Waals surface area contributed by atoms with Gasteiger partial charge in [0.25, 0.3) is 0 Å². The lowest BCUT2D eigenvalue weighted by Crippen LogP contribution is -2.02. The van der Waals surface area contributed by atoms with E-state index in [1.54, 1.807) is 6.20 Å². The first kappa shape index (κ1) is 11.1. The Morgan fingerprint density at radius 2 is 2.19 bits per heavy atom. The first-order valence-electron chi connectivity index (χ1n) is 5.37. The van der Waals surface area contributed by atoms with E-state index in [9.17, 15) is 0 Å². The molecule has 2 heterocycles. The fourth-order valence-corrected chi connectivity index (χ4v) is 1.86. The predicted octanol–water partition coefficient (Wildman–Crippen LogP) is 3.18. The van der Waals surface area contributed by atoms with Crippen molar-refractivity contribution < 1.29 is 0 Å². The highest BCUT2D eigenvalue weighted by Gasteiger charge is 2.07. The van der Waals surface area contributed by atoms with Gasteiger partial charge in [0.15, 0.2) is 0 Å². The lowest BCUT2D eigenvalue weighted by molar-refractivity contribution is 0.806. The summed E-state index contributed by atoms with van der Waals surface area (Å²) in [4.78, 5) is 8.41. The predicted molar refractivity (Wildman–Crippen MR) is 65.1 cm³/mol. The van der Waals surface area contributed by atoms with Gasteiger partial charge < -0.3 is 4.57 Å². The van der Waals surface area contributed by atoms with Gasteiger partial charge in [0, 0.05) is 25.0 Å². The first-order chi connectivity index (χ1) is 7.72. The van der Waals surface area contributed by atoms with Crippen molar-refractivity contribution in [3.8, 4) is 5.69 Å². The summed E-state index contributed by atoms with van der Waals surface area (Å²) in [5, 5.41) is 0.511. The number of aryl methyl sites for hydroxylation is 2. The van der Waals surface area contributed by atoms with Gasteiger partial charge in [0.1, 0.15) is 11.0 Å². The molecule has 0 spiro atoms. The van der Waals surface area contributed by atoms with Gasteiger partial charge in [-0.2, -0.15) is 0 Å². The molecule has 84 valence electrons. The summed E-state index contributed by atoms with van der Waals surface area (Å²) in [6.07, 6.45) is 7.61. The highest BCUT2D eigenvalue weighted by atomic mass is 35.5. The summed E-state index contributed by atoms with van der Waals surface area (Å²) >= 11 is 5.92. The highest BCUT2D eigenvalue weighted by molar-refractivity contribution is 6.29. The molecule has 0 unspecified atom stereocenters. The number of hydrogen-bond donors (Lipinski definition) is 0. The van der Waals surface area contributed by atoms with Crippen LogP contribution in [0.15, 0.2) is 24.7 Å². The van der Waals surface area contributed by atoms with Crippen molar-refractivity contribution in [1.29, 1.82) is 0 Å². The van der Waals surface area contributed by atoms with Crippen molar-refractivity contribution in [2.75, 3.05) is 0 Å². The monoisotopic (exact) mass is 235 g/mol. The molecule has 0 aliphatic rings. The molecule has 0 atom stereocenters. The summed E-state index contributed by atoms with van der Waals surface area (Å²) in [7, 11) is 0. The molecule has 0 saturated heterocycles. The Morgan fingerprint density at radius 1 is 1.38 bits per heavy atom. The van der Waals surface area contributed by atoms with Crippen LogP contribution in [0.25, 0.3) is 5.69 Å². The van der Waals surface area contributed by atoms with Crippen molar-refractivity contribution in [3.63, 3.8) is 0 Å². The van der Waals surface area contributed by atoms with Crippen LogP contribution in [-0.2, 0) is 6.42 Å². The lowest BCUT2D eigenvalue weighted by Gasteiger charge is -2.10. The Hall–Kier alpha value is -1.35. The average Bonchev–Trinajstić information content (AvgIpc) is 2.70. The molecule has 3 nitrogen and oxygen atoms in total. The fraction of sp³-hybridized carbons (Fsp3) is 0.333. The Morgan fingerprint density at radius 3 is 2.94 bits per heavy atom. The van der Waals surface area contributed by atoms with E-state index in [0.29, 0.717) is 5.15 Å². The number of pyridine rings is 1. The smallest absolute Gasteiger partial charge is 0.131 e. The number of halogens is 1. The molecule has 2 rings (SSSR count). The minimum absolute atomic E-state index is 0.511. The largest absolute Gasteiger partial charge is 0.303 e. The van der Waals surface area contributed by atoms with Gasteiger partial charge in [-0.15, -0.1) is 0 Å². The average molecular weight is 236 g/mol. The summed E-state index contributed by atoms with van der Waals surface area (Å²) in [5.74, 6) is 1.06. The SMILES string of the molecule is CCCc1nccn1-c1cc(Cl)ncc1C. The van der Waals surface area contributed by atoms with Crippen LogP contribution in [0, 0.1) is 6.92 Å². The molecule has 2 aromatic rings. The Kier molecular flexibility index (Phi) is 3.25. The van der Waals surface area contributed by atoms with E-state index in [4.69, 9.17) is 11.6 Å². The van der Waals surface area contributed by atoms with Gasteiger partial charge in [-0.1, -0.05) is 18.5 Å². The van der Waals surface area contributed by atoms with Crippen molar-refractivity contribution >= 4 is 11.6 Å². The Bertz CT molecular complexity index is 491. The second-order valence-corrected chi connectivity index (χ2v) is 4.14. The number of hydrogen-bond acceptors (Lipinski definition) is 2. The molecule has 0 bridgehead atoms. The zero-order chi connectivity index (χ0) is 11.5. The van der Waals surface area contributed by atoms with E-state index in [0.717, 1.165) is 29.9 Å². The van der Waals surface area contributed by atoms with E-state index in [1.165, 1.54) is 0 Å². The van der Waals surface area contributed by atoms with Crippen molar-refractivity contribution in [1.82, 2.24) is 14.5 Å². The van der Waals surface area contributed by atoms with Crippen molar-refractivity contribution in [3.05, 3.63) is 41.2 Å². The molecule has 0 N–H and O–H groups in total. The minimum atomic E-state index is 0.511. The summed E-state index contributed by atoms with van der Waals surface area (Å²) in [6.45, 7) is 4.17. The second kappa shape index (κ2) is 4.66. The minimum Gasteiger partial charge on any atom is -0.303 e. The van der Waals surface area contributed by atoms with Crippen LogP contribution in [0.3, 0.4) is 0 Å². The van der Waals surface area contributed by atoms with Gasteiger partial charge in [-0.25, -0.2) is 9.97 Å². The summed E-state index contributed by atoms with van der Waals surface area (Å²) in [5.41, 5.74) is 2.15. The van der Waals surface area contributed by atoms with Crippen molar-refractivity contribution in [2.45, 2.75) is 26.7 Å². The lowest BCUT2D eigenvalue weighted by atomic mass is 10.2. The molecule has 4 heteroatoms. The van der Waals surface area contributed by atoms with E-state index in [1.807, 2.05) is 25.4 Å². The fourth-order valence-electron chi connectivity index (χ4n) is 1.71. The summed E-state index contributed by atoms with van der Waals surface area (Å²) < 4.78 is 2.08. The Balaban J connectivity index is 2.49. The third kappa shape index (κ3) is 2.09. The third-order valence-corrected chi connectivity index (χ3v) is 2.70. The maximum absolute atomic E-state index is 5.92. The van der Waals surface area contributed by atoms with Gasteiger partial charge >= 0.3 is 0 Å². The molecule has 0 radical (unpaired) electrons. The van der Waals surface area contributed by atoms with Crippen LogP contribution >= 0.6 is 11.6 Å². The number of aromatic nitrogens is 3. The molecule has 0 aliphatic heterocycles. The van der Waals surface area contributed by atoms with E-state index >= 15 is 0 Å². The molecule has 0 aliphatic carbocycles. The normalized spacial score (nSPS) is 10.7. The van der Waals surface area contributed by atoms with Crippen LogP contribution in [0.4, 0.5) is 0 Å². The highest BCUT2D eigenvalue weighted by Crippen LogP contribution is 2.19. The van der Waals surface area contributed by atoms with Gasteiger partial charge in [0.2, 0.25) is 0 Å². The molecular weight excluding hydrogens is 222 g/mol. The molecule has 2 aromatic heterocycles. The van der Waals surface area contributed by atoms with Crippen LogP contribution in [0.2, 0.25) is 5.15 Å². The standard InChI is InChI=1S/C12H14ClN3/c1-3-4-12-14-5-6-16(12)10-7-11(13)15-8-9(10)2/h5-8H,3-4H2,1-2H3. The summed E-state index contributed by atoms with van der Waals surface area (Å²) in [6, 6.07) is 1.87. The number of imidazole rings is 1. The zero-order valence-corrected chi connectivity index (χ0v) is 10.2. The van der Waals surface area contributed by atoms with Gasteiger partial charge in [0.05, 0.1) is 5.69 Å². The maximum atomic E-state index is 5.92. The van der Waals surface area contributed by atoms with Gasteiger partial charge in [-0.05, 0) is 25.0 Å². The van der Waals surface area contributed by atoms with Crippen LogP contribution < -0.4 is 0 Å². The first-order valence-corrected chi connectivity index (χ1v) is 5.75. The molecule has 0 fully saturated rings. The van der Waals surface area contributed by atoms with E-state index in [2.05, 4.69) is 21.5 Å². The molecule has 0 aromatic carbocycles. The van der Waals surface area contributed by atoms with Crippen LogP contribution in [-0.4, -0.2) is 14.5 Å².